The van der Waals surface area contributed by atoms with Gasteiger partial charge in [-0.2, -0.15) is 0 Å². The summed E-state index contributed by atoms with van der Waals surface area (Å²) in [5.74, 6) is -1.16. The normalized spacial score (nSPS) is 11.7. The van der Waals surface area contributed by atoms with Crippen molar-refractivity contribution in [3.8, 4) is 0 Å². The van der Waals surface area contributed by atoms with E-state index in [0.717, 1.165) is 11.1 Å². The maximum Gasteiger partial charge on any atom is 0.305 e. The molecule has 1 unspecified atom stereocenters. The van der Waals surface area contributed by atoms with E-state index >= 15 is 0 Å². The summed E-state index contributed by atoms with van der Waals surface area (Å²) in [7, 11) is 0. The number of hydrogen-bond acceptors (Lipinski definition) is 3. The maximum atomic E-state index is 12.6. The molecule has 0 aliphatic heterocycles. The van der Waals surface area contributed by atoms with Crippen LogP contribution in [0.5, 0.6) is 0 Å². The molecule has 0 radical (unpaired) electrons. The van der Waals surface area contributed by atoms with Gasteiger partial charge in [-0.1, -0.05) is 44.2 Å². The van der Waals surface area contributed by atoms with Gasteiger partial charge in [0.2, 0.25) is 5.91 Å². The third-order valence-electron chi connectivity index (χ3n) is 4.24. The zero-order valence-corrected chi connectivity index (χ0v) is 16.4. The highest BCUT2D eigenvalue weighted by atomic mass is 16.4. The van der Waals surface area contributed by atoms with Gasteiger partial charge in [-0.15, -0.1) is 0 Å². The first-order valence-corrected chi connectivity index (χ1v) is 9.24. The van der Waals surface area contributed by atoms with Crippen molar-refractivity contribution in [2.75, 3.05) is 5.32 Å². The van der Waals surface area contributed by atoms with Gasteiger partial charge in [-0.3, -0.25) is 14.4 Å². The summed E-state index contributed by atoms with van der Waals surface area (Å²) in [5, 5.41) is 14.8. The molecule has 2 amide bonds. The van der Waals surface area contributed by atoms with Gasteiger partial charge < -0.3 is 15.7 Å². The molecule has 0 aliphatic rings. The minimum atomic E-state index is -0.992. The van der Waals surface area contributed by atoms with Crippen LogP contribution in [0, 0.1) is 12.8 Å². The number of aliphatic carboxylic acids is 1. The van der Waals surface area contributed by atoms with E-state index in [0.29, 0.717) is 17.7 Å². The van der Waals surface area contributed by atoms with Crippen molar-refractivity contribution >= 4 is 23.5 Å². The second-order valence-corrected chi connectivity index (χ2v) is 7.21. The maximum absolute atomic E-state index is 12.6. The Kier molecular flexibility index (Phi) is 7.32. The molecular formula is C22H26N2O4. The van der Waals surface area contributed by atoms with E-state index in [9.17, 15) is 14.4 Å². The monoisotopic (exact) mass is 382 g/mol. The number of hydrogen-bond donors (Lipinski definition) is 3. The Morgan fingerprint density at radius 3 is 2.25 bits per heavy atom. The third kappa shape index (κ3) is 6.23. The standard InChI is InChI=1S/C22H26N2O4/c1-14(2)11-20(25)23-18-10-9-17(12-15(18)3)22(28)24-19(13-21(26)27)16-7-5-4-6-8-16/h4-10,12,14,19H,11,13H2,1-3H3,(H,23,25)(H,24,28)(H,26,27). The lowest BCUT2D eigenvalue weighted by Gasteiger charge is -2.18. The van der Waals surface area contributed by atoms with E-state index < -0.39 is 12.0 Å². The first-order chi connectivity index (χ1) is 13.3. The van der Waals surface area contributed by atoms with Crippen LogP contribution in [0.25, 0.3) is 0 Å². The molecular weight excluding hydrogens is 356 g/mol. The molecule has 2 aromatic rings. The fourth-order valence-corrected chi connectivity index (χ4v) is 2.87. The summed E-state index contributed by atoms with van der Waals surface area (Å²) >= 11 is 0. The van der Waals surface area contributed by atoms with Crippen LogP contribution in [0.2, 0.25) is 0 Å². The van der Waals surface area contributed by atoms with Crippen molar-refractivity contribution in [1.82, 2.24) is 5.32 Å². The van der Waals surface area contributed by atoms with Crippen molar-refractivity contribution in [1.29, 1.82) is 0 Å². The number of aryl methyl sites for hydroxylation is 1. The van der Waals surface area contributed by atoms with Crippen LogP contribution in [0.1, 0.15) is 54.2 Å². The molecule has 3 N–H and O–H groups in total. The van der Waals surface area contributed by atoms with Crippen LogP contribution in [-0.2, 0) is 9.59 Å². The first-order valence-electron chi connectivity index (χ1n) is 9.24. The Morgan fingerprint density at radius 1 is 1.00 bits per heavy atom. The van der Waals surface area contributed by atoms with Gasteiger partial charge >= 0.3 is 5.97 Å². The predicted octanol–water partition coefficient (Wildman–Crippen LogP) is 3.93. The Hall–Kier alpha value is -3.15. The Bertz CT molecular complexity index is 847. The van der Waals surface area contributed by atoms with Crippen molar-refractivity contribution in [2.24, 2.45) is 5.92 Å². The Morgan fingerprint density at radius 2 is 1.68 bits per heavy atom. The lowest BCUT2D eigenvalue weighted by molar-refractivity contribution is -0.137. The summed E-state index contributed by atoms with van der Waals surface area (Å²) in [6, 6.07) is 13.4. The lowest BCUT2D eigenvalue weighted by Crippen LogP contribution is -2.30. The number of anilines is 1. The molecule has 2 rings (SSSR count). The lowest BCUT2D eigenvalue weighted by atomic mass is 10.0. The van der Waals surface area contributed by atoms with Crippen LogP contribution in [0.4, 0.5) is 5.69 Å². The number of carbonyl (C=O) groups is 3. The van der Waals surface area contributed by atoms with E-state index in [4.69, 9.17) is 5.11 Å². The van der Waals surface area contributed by atoms with Gasteiger partial charge in [0.1, 0.15) is 0 Å². The molecule has 28 heavy (non-hydrogen) atoms. The minimum absolute atomic E-state index is 0.0686. The number of benzene rings is 2. The van der Waals surface area contributed by atoms with Crippen LogP contribution in [0.3, 0.4) is 0 Å². The molecule has 2 aromatic carbocycles. The van der Waals surface area contributed by atoms with Gasteiger partial charge in [0.05, 0.1) is 12.5 Å². The van der Waals surface area contributed by atoms with E-state index in [1.807, 2.05) is 26.8 Å². The second-order valence-electron chi connectivity index (χ2n) is 7.21. The number of carbonyl (C=O) groups excluding carboxylic acids is 2. The first kappa shape index (κ1) is 21.2. The number of carboxylic acids is 1. The number of amides is 2. The van der Waals surface area contributed by atoms with E-state index in [2.05, 4.69) is 10.6 Å². The molecule has 0 heterocycles. The summed E-state index contributed by atoms with van der Waals surface area (Å²) in [4.78, 5) is 35.8. The second kappa shape index (κ2) is 9.69. The highest BCUT2D eigenvalue weighted by Gasteiger charge is 2.19. The number of nitrogens with one attached hydrogen (secondary N) is 2. The molecule has 0 bridgehead atoms. The largest absolute Gasteiger partial charge is 0.481 e. The summed E-state index contributed by atoms with van der Waals surface area (Å²) in [5.41, 5.74) is 2.56. The molecule has 0 aromatic heterocycles. The summed E-state index contributed by atoms with van der Waals surface area (Å²) in [6.07, 6.45) is 0.216. The SMILES string of the molecule is Cc1cc(C(=O)NC(CC(=O)O)c2ccccc2)ccc1NC(=O)CC(C)C. The highest BCUT2D eigenvalue weighted by molar-refractivity contribution is 5.97. The van der Waals surface area contributed by atoms with Crippen molar-refractivity contribution in [3.63, 3.8) is 0 Å². The quantitative estimate of drug-likeness (QED) is 0.645. The van der Waals surface area contributed by atoms with Gasteiger partial charge in [0.25, 0.3) is 5.91 Å². The fourth-order valence-electron chi connectivity index (χ4n) is 2.87. The molecule has 1 atom stereocenters. The van der Waals surface area contributed by atoms with Crippen molar-refractivity contribution in [3.05, 3.63) is 65.2 Å². The van der Waals surface area contributed by atoms with Crippen LogP contribution in [-0.4, -0.2) is 22.9 Å². The topological polar surface area (TPSA) is 95.5 Å². The molecule has 0 spiro atoms. The van der Waals surface area contributed by atoms with Gasteiger partial charge in [-0.25, -0.2) is 0 Å². The van der Waals surface area contributed by atoms with E-state index in [-0.39, 0.29) is 24.2 Å². The van der Waals surface area contributed by atoms with Crippen molar-refractivity contribution in [2.45, 2.75) is 39.7 Å². The third-order valence-corrected chi connectivity index (χ3v) is 4.24. The highest BCUT2D eigenvalue weighted by Crippen LogP contribution is 2.20. The molecule has 0 fully saturated rings. The summed E-state index contributed by atoms with van der Waals surface area (Å²) < 4.78 is 0. The van der Waals surface area contributed by atoms with Crippen LogP contribution in [0.15, 0.2) is 48.5 Å². The van der Waals surface area contributed by atoms with Crippen LogP contribution >= 0.6 is 0 Å². The average Bonchev–Trinajstić information content (AvgIpc) is 2.62. The predicted molar refractivity (Wildman–Crippen MR) is 108 cm³/mol. The van der Waals surface area contributed by atoms with Gasteiger partial charge in [-0.05, 0) is 42.2 Å². The average molecular weight is 382 g/mol. The van der Waals surface area contributed by atoms with Gasteiger partial charge in [0.15, 0.2) is 0 Å². The molecule has 0 saturated heterocycles. The molecule has 6 nitrogen and oxygen atoms in total. The van der Waals surface area contributed by atoms with E-state index in [1.165, 1.54) is 0 Å². The van der Waals surface area contributed by atoms with E-state index in [1.54, 1.807) is 42.5 Å². The number of rotatable bonds is 8. The molecule has 0 aliphatic carbocycles. The zero-order valence-electron chi connectivity index (χ0n) is 16.4. The smallest absolute Gasteiger partial charge is 0.305 e. The molecule has 148 valence electrons. The minimum Gasteiger partial charge on any atom is -0.481 e. The fraction of sp³-hybridized carbons (Fsp3) is 0.318. The van der Waals surface area contributed by atoms with Crippen molar-refractivity contribution < 1.29 is 19.5 Å². The molecule has 6 heteroatoms. The Labute approximate surface area is 165 Å². The van der Waals surface area contributed by atoms with Crippen LogP contribution < -0.4 is 10.6 Å². The Balaban J connectivity index is 2.13. The molecule has 0 saturated carbocycles. The number of carboxylic acid groups (broad SMARTS) is 1. The zero-order chi connectivity index (χ0) is 20.7. The van der Waals surface area contributed by atoms with Gasteiger partial charge in [0, 0.05) is 17.7 Å². The summed E-state index contributed by atoms with van der Waals surface area (Å²) in [6.45, 7) is 5.76.